The van der Waals surface area contributed by atoms with Gasteiger partial charge in [-0.3, -0.25) is 4.79 Å². The smallest absolute Gasteiger partial charge is 0.405 e. The Bertz CT molecular complexity index is 481. The molecule has 20 heavy (non-hydrogen) atoms. The van der Waals surface area contributed by atoms with Gasteiger partial charge in [-0.25, -0.2) is 0 Å². The van der Waals surface area contributed by atoms with Crippen LogP contribution in [0.25, 0.3) is 0 Å². The molecule has 1 unspecified atom stereocenters. The number of alkyl halides is 3. The summed E-state index contributed by atoms with van der Waals surface area (Å²) < 4.78 is 46.3. The number of hydrogen-bond acceptors (Lipinski definition) is 3. The van der Waals surface area contributed by atoms with E-state index < -0.39 is 24.0 Å². The molecule has 0 N–H and O–H groups in total. The highest BCUT2D eigenvalue weighted by Crippen LogP contribution is 2.37. The minimum absolute atomic E-state index is 0.0878. The lowest BCUT2D eigenvalue weighted by molar-refractivity contribution is -0.274. The second kappa shape index (κ2) is 5.83. The summed E-state index contributed by atoms with van der Waals surface area (Å²) in [5, 5.41) is 0. The number of hydrogen-bond donors (Lipinski definition) is 0. The Hall–Kier alpha value is -1.56. The van der Waals surface area contributed by atoms with Gasteiger partial charge < -0.3 is 9.47 Å². The van der Waals surface area contributed by atoms with E-state index in [4.69, 9.17) is 4.74 Å². The Morgan fingerprint density at radius 1 is 1.35 bits per heavy atom. The average Bonchev–Trinajstić information content (AvgIpc) is 3.18. The van der Waals surface area contributed by atoms with Gasteiger partial charge in [0, 0.05) is 6.61 Å². The number of rotatable bonds is 6. The minimum Gasteiger partial charge on any atom is -0.405 e. The third-order valence-electron chi connectivity index (χ3n) is 3.03. The molecule has 1 aliphatic rings. The molecule has 1 aliphatic carbocycles. The lowest BCUT2D eigenvalue weighted by Crippen LogP contribution is -2.28. The zero-order valence-corrected chi connectivity index (χ0v) is 10.9. The van der Waals surface area contributed by atoms with Crippen LogP contribution in [0.1, 0.15) is 30.1 Å². The Morgan fingerprint density at radius 2 is 2.00 bits per heavy atom. The van der Waals surface area contributed by atoms with E-state index in [-0.39, 0.29) is 11.5 Å². The maximum Gasteiger partial charge on any atom is 0.573 e. The fourth-order valence-corrected chi connectivity index (χ4v) is 2.04. The van der Waals surface area contributed by atoms with Crippen LogP contribution in [0, 0.1) is 5.92 Å². The molecule has 0 heterocycles. The number of benzene rings is 1. The molecular formula is C14H15F3O3. The fourth-order valence-electron chi connectivity index (χ4n) is 2.04. The SMILES string of the molecule is CCOC(C(=O)c1ccccc1OC(F)(F)F)C1CC1. The Labute approximate surface area is 114 Å². The highest BCUT2D eigenvalue weighted by Gasteiger charge is 2.39. The molecule has 0 spiro atoms. The predicted octanol–water partition coefficient (Wildman–Crippen LogP) is 3.58. The highest BCUT2D eigenvalue weighted by molar-refractivity contribution is 6.02. The quantitative estimate of drug-likeness (QED) is 0.750. The van der Waals surface area contributed by atoms with Crippen LogP contribution in [-0.4, -0.2) is 24.9 Å². The van der Waals surface area contributed by atoms with Crippen LogP contribution >= 0.6 is 0 Å². The van der Waals surface area contributed by atoms with E-state index in [9.17, 15) is 18.0 Å². The predicted molar refractivity (Wildman–Crippen MR) is 65.6 cm³/mol. The van der Waals surface area contributed by atoms with Gasteiger partial charge in [0.2, 0.25) is 0 Å². The molecule has 1 saturated carbocycles. The Morgan fingerprint density at radius 3 is 2.55 bits per heavy atom. The van der Waals surface area contributed by atoms with Gasteiger partial charge in [-0.1, -0.05) is 12.1 Å². The van der Waals surface area contributed by atoms with Crippen molar-refractivity contribution in [2.45, 2.75) is 32.2 Å². The van der Waals surface area contributed by atoms with Crippen molar-refractivity contribution >= 4 is 5.78 Å². The molecular weight excluding hydrogens is 273 g/mol. The molecule has 0 radical (unpaired) electrons. The molecule has 110 valence electrons. The Balaban J connectivity index is 2.24. The van der Waals surface area contributed by atoms with Crippen molar-refractivity contribution < 1.29 is 27.4 Å². The van der Waals surface area contributed by atoms with Crippen molar-refractivity contribution in [3.63, 3.8) is 0 Å². The van der Waals surface area contributed by atoms with Gasteiger partial charge in [0.1, 0.15) is 11.9 Å². The lowest BCUT2D eigenvalue weighted by atomic mass is 10.0. The summed E-state index contributed by atoms with van der Waals surface area (Å²) in [5.74, 6) is -0.828. The number of Topliss-reactive ketones (excluding diaryl/α,β-unsaturated/α-hetero) is 1. The van der Waals surface area contributed by atoms with Gasteiger partial charge in [-0.2, -0.15) is 0 Å². The van der Waals surface area contributed by atoms with Crippen LogP contribution in [0.5, 0.6) is 5.75 Å². The topological polar surface area (TPSA) is 35.5 Å². The maximum atomic E-state index is 12.4. The number of halogens is 3. The molecule has 0 aliphatic heterocycles. The van der Waals surface area contributed by atoms with Crippen molar-refractivity contribution in [2.24, 2.45) is 5.92 Å². The summed E-state index contributed by atoms with van der Waals surface area (Å²) in [5.41, 5.74) is -0.0878. The zero-order valence-electron chi connectivity index (χ0n) is 10.9. The first-order chi connectivity index (χ1) is 9.42. The van der Waals surface area contributed by atoms with Gasteiger partial charge in [0.05, 0.1) is 5.56 Å². The lowest BCUT2D eigenvalue weighted by Gasteiger charge is -2.18. The zero-order chi connectivity index (χ0) is 14.8. The third-order valence-corrected chi connectivity index (χ3v) is 3.03. The van der Waals surface area contributed by atoms with E-state index in [2.05, 4.69) is 4.74 Å². The standard InChI is InChI=1S/C14H15F3O3/c1-2-19-13(9-7-8-9)12(18)10-5-3-4-6-11(10)20-14(15,16)17/h3-6,9,13H,2,7-8H2,1H3. The van der Waals surface area contributed by atoms with E-state index in [1.54, 1.807) is 6.92 Å². The molecule has 0 aromatic heterocycles. The Kier molecular flexibility index (Phi) is 4.32. The summed E-state index contributed by atoms with van der Waals surface area (Å²) in [6.07, 6.45) is -3.79. The van der Waals surface area contributed by atoms with Gasteiger partial charge in [-0.05, 0) is 37.8 Å². The highest BCUT2D eigenvalue weighted by atomic mass is 19.4. The van der Waals surface area contributed by atoms with Crippen LogP contribution < -0.4 is 4.74 Å². The van der Waals surface area contributed by atoms with Crippen LogP contribution in [-0.2, 0) is 4.74 Å². The van der Waals surface area contributed by atoms with Gasteiger partial charge in [0.25, 0.3) is 0 Å². The molecule has 6 heteroatoms. The first-order valence-electron chi connectivity index (χ1n) is 6.43. The monoisotopic (exact) mass is 288 g/mol. The molecule has 1 fully saturated rings. The van der Waals surface area contributed by atoms with E-state index in [1.807, 2.05) is 0 Å². The number of carbonyl (C=O) groups excluding carboxylic acids is 1. The average molecular weight is 288 g/mol. The normalized spacial score (nSPS) is 16.8. The van der Waals surface area contributed by atoms with E-state index in [0.717, 1.165) is 18.9 Å². The largest absolute Gasteiger partial charge is 0.573 e. The second-order valence-corrected chi connectivity index (χ2v) is 4.62. The van der Waals surface area contributed by atoms with Gasteiger partial charge >= 0.3 is 6.36 Å². The van der Waals surface area contributed by atoms with Crippen molar-refractivity contribution in [1.82, 2.24) is 0 Å². The molecule has 0 bridgehead atoms. The van der Waals surface area contributed by atoms with E-state index in [1.165, 1.54) is 18.2 Å². The van der Waals surface area contributed by atoms with Crippen molar-refractivity contribution in [3.05, 3.63) is 29.8 Å². The van der Waals surface area contributed by atoms with Crippen LogP contribution in [0.4, 0.5) is 13.2 Å². The number of para-hydroxylation sites is 1. The summed E-state index contributed by atoms with van der Waals surface area (Å²) in [4.78, 5) is 12.4. The molecule has 1 atom stereocenters. The first-order valence-corrected chi connectivity index (χ1v) is 6.43. The third kappa shape index (κ3) is 3.72. The number of ether oxygens (including phenoxy) is 2. The van der Waals surface area contributed by atoms with Crippen molar-refractivity contribution in [3.8, 4) is 5.75 Å². The number of ketones is 1. The molecule has 0 saturated heterocycles. The summed E-state index contributed by atoms with van der Waals surface area (Å²) >= 11 is 0. The summed E-state index contributed by atoms with van der Waals surface area (Å²) in [6.45, 7) is 2.09. The van der Waals surface area contributed by atoms with Crippen molar-refractivity contribution in [1.29, 1.82) is 0 Å². The molecule has 3 nitrogen and oxygen atoms in total. The summed E-state index contributed by atoms with van der Waals surface area (Å²) in [7, 11) is 0. The first kappa shape index (κ1) is 14.8. The van der Waals surface area contributed by atoms with E-state index in [0.29, 0.717) is 6.61 Å². The molecule has 2 rings (SSSR count). The second-order valence-electron chi connectivity index (χ2n) is 4.62. The van der Waals surface area contributed by atoms with Crippen LogP contribution in [0.2, 0.25) is 0 Å². The van der Waals surface area contributed by atoms with Crippen LogP contribution in [0.3, 0.4) is 0 Å². The van der Waals surface area contributed by atoms with Crippen molar-refractivity contribution in [2.75, 3.05) is 6.61 Å². The fraction of sp³-hybridized carbons (Fsp3) is 0.500. The summed E-state index contributed by atoms with van der Waals surface area (Å²) in [6, 6.07) is 5.37. The number of carbonyl (C=O) groups is 1. The van der Waals surface area contributed by atoms with E-state index >= 15 is 0 Å². The molecule has 1 aromatic carbocycles. The van der Waals surface area contributed by atoms with Gasteiger partial charge in [0.15, 0.2) is 5.78 Å². The van der Waals surface area contributed by atoms with Crippen LogP contribution in [0.15, 0.2) is 24.3 Å². The molecule has 1 aromatic rings. The van der Waals surface area contributed by atoms with Gasteiger partial charge in [-0.15, -0.1) is 13.2 Å². The molecule has 0 amide bonds. The maximum absolute atomic E-state index is 12.4. The minimum atomic E-state index is -4.82.